The van der Waals surface area contributed by atoms with Crippen molar-refractivity contribution in [3.8, 4) is 0 Å². The second kappa shape index (κ2) is 4.42. The summed E-state index contributed by atoms with van der Waals surface area (Å²) < 4.78 is 0.997. The molecule has 1 aromatic rings. The van der Waals surface area contributed by atoms with Gasteiger partial charge in [-0.05, 0) is 25.0 Å². The Morgan fingerprint density at radius 3 is 2.81 bits per heavy atom. The van der Waals surface area contributed by atoms with Gasteiger partial charge >= 0.3 is 0 Å². The minimum Gasteiger partial charge on any atom is -0.312 e. The average molecular weight is 280 g/mol. The summed E-state index contributed by atoms with van der Waals surface area (Å²) in [5, 5.41) is 0. The number of hydrogen-bond donors (Lipinski definition) is 0. The van der Waals surface area contributed by atoms with Crippen LogP contribution in [0.3, 0.4) is 0 Å². The molecule has 1 heterocycles. The largest absolute Gasteiger partial charge is 0.312 e. The van der Waals surface area contributed by atoms with Gasteiger partial charge in [-0.2, -0.15) is 0 Å². The number of carbonyl (C=O) groups is 1. The molecule has 3 heteroatoms. The SMILES string of the molecule is C=C(c1ccc(C)cc1Br)N1CCCC1=O. The normalized spacial score (nSPS) is 15.6. The van der Waals surface area contributed by atoms with Gasteiger partial charge in [-0.25, -0.2) is 0 Å². The maximum atomic E-state index is 11.6. The highest BCUT2D eigenvalue weighted by Crippen LogP contribution is 2.29. The Morgan fingerprint density at radius 1 is 1.50 bits per heavy atom. The molecule has 0 saturated carbocycles. The summed E-state index contributed by atoms with van der Waals surface area (Å²) in [6.07, 6.45) is 1.57. The number of likely N-dealkylation sites (tertiary alicyclic amines) is 1. The summed E-state index contributed by atoms with van der Waals surface area (Å²) in [4.78, 5) is 13.4. The molecular formula is C13H14BrNO. The molecule has 1 saturated heterocycles. The fraction of sp³-hybridized carbons (Fsp3) is 0.308. The van der Waals surface area contributed by atoms with Crippen LogP contribution in [0.1, 0.15) is 24.0 Å². The molecule has 0 aromatic heterocycles. The Kier molecular flexibility index (Phi) is 3.15. The lowest BCUT2D eigenvalue weighted by atomic mass is 10.1. The summed E-state index contributed by atoms with van der Waals surface area (Å²) >= 11 is 3.52. The smallest absolute Gasteiger partial charge is 0.227 e. The standard InChI is InChI=1S/C13H14BrNO/c1-9-5-6-11(12(14)8-9)10(2)15-7-3-4-13(15)16/h5-6,8H,2-4,7H2,1H3. The minimum absolute atomic E-state index is 0.178. The number of halogens is 1. The third-order valence-electron chi connectivity index (χ3n) is 2.83. The Morgan fingerprint density at radius 2 is 2.25 bits per heavy atom. The van der Waals surface area contributed by atoms with E-state index in [4.69, 9.17) is 0 Å². The van der Waals surface area contributed by atoms with Gasteiger partial charge in [0, 0.05) is 28.7 Å². The van der Waals surface area contributed by atoms with E-state index in [2.05, 4.69) is 22.5 Å². The maximum absolute atomic E-state index is 11.6. The van der Waals surface area contributed by atoms with E-state index in [1.807, 2.05) is 25.1 Å². The molecule has 0 aliphatic carbocycles. The Hall–Kier alpha value is -1.09. The number of nitrogens with zero attached hydrogens (tertiary/aromatic N) is 1. The van der Waals surface area contributed by atoms with E-state index in [0.717, 1.165) is 28.7 Å². The van der Waals surface area contributed by atoms with Gasteiger partial charge < -0.3 is 4.90 Å². The topological polar surface area (TPSA) is 20.3 Å². The van der Waals surface area contributed by atoms with Gasteiger partial charge in [-0.1, -0.05) is 34.6 Å². The highest BCUT2D eigenvalue weighted by molar-refractivity contribution is 9.10. The number of carbonyl (C=O) groups excluding carboxylic acids is 1. The van der Waals surface area contributed by atoms with Crippen LogP contribution in [0.15, 0.2) is 29.3 Å². The molecule has 2 nitrogen and oxygen atoms in total. The summed E-state index contributed by atoms with van der Waals surface area (Å²) in [5.74, 6) is 0.178. The van der Waals surface area contributed by atoms with Crippen molar-refractivity contribution < 1.29 is 4.79 Å². The number of benzene rings is 1. The van der Waals surface area contributed by atoms with Crippen molar-refractivity contribution in [1.82, 2.24) is 4.90 Å². The van der Waals surface area contributed by atoms with Gasteiger partial charge in [0.25, 0.3) is 0 Å². The van der Waals surface area contributed by atoms with Crippen LogP contribution in [0.2, 0.25) is 0 Å². The van der Waals surface area contributed by atoms with Crippen LogP contribution in [0, 0.1) is 6.92 Å². The van der Waals surface area contributed by atoms with Crippen LogP contribution in [-0.4, -0.2) is 17.4 Å². The van der Waals surface area contributed by atoms with Gasteiger partial charge in [-0.3, -0.25) is 4.79 Å². The highest BCUT2D eigenvalue weighted by atomic mass is 79.9. The van der Waals surface area contributed by atoms with Gasteiger partial charge in [-0.15, -0.1) is 0 Å². The zero-order valence-corrected chi connectivity index (χ0v) is 10.9. The van der Waals surface area contributed by atoms with Crippen molar-refractivity contribution in [3.05, 3.63) is 40.4 Å². The molecule has 1 fully saturated rings. The number of hydrogen-bond acceptors (Lipinski definition) is 1. The van der Waals surface area contributed by atoms with Crippen molar-refractivity contribution in [2.24, 2.45) is 0 Å². The number of aryl methyl sites for hydroxylation is 1. The van der Waals surface area contributed by atoms with E-state index in [-0.39, 0.29) is 5.91 Å². The Bertz CT molecular complexity index is 453. The third-order valence-corrected chi connectivity index (χ3v) is 3.49. The van der Waals surface area contributed by atoms with Crippen molar-refractivity contribution >= 4 is 27.5 Å². The highest BCUT2D eigenvalue weighted by Gasteiger charge is 2.23. The van der Waals surface area contributed by atoms with Gasteiger partial charge in [0.05, 0.1) is 0 Å². The maximum Gasteiger partial charge on any atom is 0.227 e. The molecule has 84 valence electrons. The Balaban J connectivity index is 2.30. The lowest BCUT2D eigenvalue weighted by Crippen LogP contribution is -2.22. The molecule has 1 aromatic carbocycles. The number of amides is 1. The van der Waals surface area contributed by atoms with E-state index < -0.39 is 0 Å². The second-order valence-corrected chi connectivity index (χ2v) is 4.93. The van der Waals surface area contributed by atoms with Crippen molar-refractivity contribution in [2.75, 3.05) is 6.54 Å². The summed E-state index contributed by atoms with van der Waals surface area (Å²) in [6, 6.07) is 6.08. The summed E-state index contributed by atoms with van der Waals surface area (Å²) in [6.45, 7) is 6.85. The summed E-state index contributed by atoms with van der Waals surface area (Å²) in [7, 11) is 0. The molecule has 0 spiro atoms. The first-order valence-corrected chi connectivity index (χ1v) is 6.14. The summed E-state index contributed by atoms with van der Waals surface area (Å²) in [5.41, 5.74) is 2.99. The molecule has 0 N–H and O–H groups in total. The second-order valence-electron chi connectivity index (χ2n) is 4.08. The fourth-order valence-corrected chi connectivity index (χ4v) is 2.66. The first kappa shape index (κ1) is 11.4. The van der Waals surface area contributed by atoms with Crippen molar-refractivity contribution in [3.63, 3.8) is 0 Å². The quantitative estimate of drug-likeness (QED) is 0.813. The van der Waals surface area contributed by atoms with E-state index in [9.17, 15) is 4.79 Å². The van der Waals surface area contributed by atoms with Crippen LogP contribution < -0.4 is 0 Å². The monoisotopic (exact) mass is 279 g/mol. The molecule has 16 heavy (non-hydrogen) atoms. The van der Waals surface area contributed by atoms with Crippen LogP contribution >= 0.6 is 15.9 Å². The van der Waals surface area contributed by atoms with Crippen LogP contribution in [0.4, 0.5) is 0 Å². The van der Waals surface area contributed by atoms with E-state index >= 15 is 0 Å². The molecule has 0 bridgehead atoms. The first-order chi connectivity index (χ1) is 7.59. The first-order valence-electron chi connectivity index (χ1n) is 5.35. The molecule has 0 unspecified atom stereocenters. The van der Waals surface area contributed by atoms with E-state index in [0.29, 0.717) is 6.42 Å². The predicted molar refractivity (Wildman–Crippen MR) is 68.9 cm³/mol. The fourth-order valence-electron chi connectivity index (χ4n) is 1.93. The van der Waals surface area contributed by atoms with Gasteiger partial charge in [0.15, 0.2) is 0 Å². The van der Waals surface area contributed by atoms with Crippen molar-refractivity contribution in [1.29, 1.82) is 0 Å². The average Bonchev–Trinajstić information content (AvgIpc) is 2.63. The molecule has 0 radical (unpaired) electrons. The zero-order valence-electron chi connectivity index (χ0n) is 9.29. The lowest BCUT2D eigenvalue weighted by molar-refractivity contribution is -0.124. The Labute approximate surface area is 104 Å². The van der Waals surface area contributed by atoms with Gasteiger partial charge in [0.2, 0.25) is 5.91 Å². The predicted octanol–water partition coefficient (Wildman–Crippen LogP) is 3.35. The molecule has 1 aliphatic rings. The van der Waals surface area contributed by atoms with Crippen molar-refractivity contribution in [2.45, 2.75) is 19.8 Å². The zero-order chi connectivity index (χ0) is 11.7. The third kappa shape index (κ3) is 2.05. The molecular weight excluding hydrogens is 266 g/mol. The van der Waals surface area contributed by atoms with Gasteiger partial charge in [0.1, 0.15) is 0 Å². The van der Waals surface area contributed by atoms with E-state index in [1.54, 1.807) is 4.90 Å². The van der Waals surface area contributed by atoms with Crippen LogP contribution in [0.5, 0.6) is 0 Å². The minimum atomic E-state index is 0.178. The van der Waals surface area contributed by atoms with Crippen LogP contribution in [-0.2, 0) is 4.79 Å². The molecule has 1 amide bonds. The molecule has 0 atom stereocenters. The number of rotatable bonds is 2. The molecule has 1 aliphatic heterocycles. The lowest BCUT2D eigenvalue weighted by Gasteiger charge is -2.19. The molecule has 2 rings (SSSR count). The van der Waals surface area contributed by atoms with E-state index in [1.165, 1.54) is 5.56 Å². The van der Waals surface area contributed by atoms with Crippen LogP contribution in [0.25, 0.3) is 5.70 Å².